The van der Waals surface area contributed by atoms with Gasteiger partial charge in [0.25, 0.3) is 0 Å². The van der Waals surface area contributed by atoms with E-state index in [1.807, 2.05) is 95.2 Å². The molecule has 0 bridgehead atoms. The van der Waals surface area contributed by atoms with Gasteiger partial charge < -0.3 is 33.5 Å². The zero-order valence-corrected chi connectivity index (χ0v) is 50.8. The summed E-state index contributed by atoms with van der Waals surface area (Å²) in [6.45, 7) is 11.8. The summed E-state index contributed by atoms with van der Waals surface area (Å²) in [5, 5.41) is 10.5. The molecule has 0 radical (unpaired) electrons. The molecular weight excluding hydrogens is 1320 g/mol. The van der Waals surface area contributed by atoms with Gasteiger partial charge in [-0.05, 0) is 117 Å². The van der Waals surface area contributed by atoms with Crippen LogP contribution in [0, 0.1) is 0 Å². The minimum atomic E-state index is -0.772. The largest absolute Gasteiger partial charge is 0.491 e. The number of ether oxygens (including phenoxy) is 6. The van der Waals surface area contributed by atoms with Crippen molar-refractivity contribution < 1.29 is 33.5 Å². The number of aliphatic hydroxyl groups is 1. The monoisotopic (exact) mass is 1380 g/mol. The lowest BCUT2D eigenvalue weighted by Crippen LogP contribution is -2.25. The third-order valence-electron chi connectivity index (χ3n) is 8.87. The molecule has 2 atom stereocenters. The first-order valence-electron chi connectivity index (χ1n) is 19.0. The summed E-state index contributed by atoms with van der Waals surface area (Å²) in [6, 6.07) is 32.6. The summed E-state index contributed by atoms with van der Waals surface area (Å²) in [4.78, 5) is 0. The van der Waals surface area contributed by atoms with E-state index >= 15 is 0 Å². The lowest BCUT2D eigenvalue weighted by molar-refractivity contribution is 0.0626. The maximum Gasteiger partial charge on any atom is 0.122 e. The van der Waals surface area contributed by atoms with Crippen molar-refractivity contribution in [2.24, 2.45) is 0 Å². The molecule has 0 aromatic heterocycles. The topological polar surface area (TPSA) is 82.2 Å². The third-order valence-corrected chi connectivity index (χ3v) is 8.87. The van der Waals surface area contributed by atoms with Gasteiger partial charge in [-0.1, -0.05) is 204 Å². The van der Waals surface area contributed by atoms with Gasteiger partial charge in [-0.2, -0.15) is 0 Å². The summed E-state index contributed by atoms with van der Waals surface area (Å²) < 4.78 is 33.7. The molecule has 2 unspecified atom stereocenters. The molecule has 15 heteroatoms. The summed E-state index contributed by atoms with van der Waals surface area (Å²) in [5.74, 6) is 17.6. The molecule has 1 N–H and O–H groups in total. The number of hydrogen-bond acceptors (Lipinski definition) is 7. The van der Waals surface area contributed by atoms with Gasteiger partial charge in [0.1, 0.15) is 67.7 Å². The van der Waals surface area contributed by atoms with Crippen LogP contribution in [0.5, 0.6) is 23.0 Å². The third kappa shape index (κ3) is 25.6. The van der Waals surface area contributed by atoms with Gasteiger partial charge in [0, 0.05) is 10.8 Å². The fourth-order valence-corrected chi connectivity index (χ4v) is 5.34. The van der Waals surface area contributed by atoms with E-state index in [2.05, 4.69) is 204 Å². The number of epoxide rings is 2. The molecule has 62 heavy (non-hydrogen) atoms. The van der Waals surface area contributed by atoms with Gasteiger partial charge in [-0.25, -0.2) is 0 Å². The van der Waals surface area contributed by atoms with Crippen LogP contribution >= 0.6 is 127 Å². The van der Waals surface area contributed by atoms with Gasteiger partial charge in [0.15, 0.2) is 0 Å². The maximum absolute atomic E-state index is 10.5. The lowest BCUT2D eigenvalue weighted by Gasteiger charge is -2.26. The SMILES string of the molecule is CBr.CBr.CBr.CBr.CBr.CBr.CBr.CBr.CC(C)(c1ccc(OCC(O)COc2ccc(C(C)(C)c3ccc(OCC4CO4)cc3)cc2)cc1)c1ccc(OCC2CO2)cc1. The van der Waals surface area contributed by atoms with Crippen molar-refractivity contribution in [2.45, 2.75) is 56.8 Å². The van der Waals surface area contributed by atoms with Crippen LogP contribution in [-0.2, 0) is 20.3 Å². The van der Waals surface area contributed by atoms with Gasteiger partial charge in [0.2, 0.25) is 0 Å². The Bertz CT molecular complexity index is 1450. The van der Waals surface area contributed by atoms with Gasteiger partial charge in [-0.15, -0.1) is 0 Å². The molecule has 0 aliphatic carbocycles. The minimum Gasteiger partial charge on any atom is -0.491 e. The number of alkyl halides is 8. The first kappa shape index (κ1) is 66.1. The second-order valence-corrected chi connectivity index (χ2v) is 13.2. The first-order chi connectivity index (χ1) is 30.2. The van der Waals surface area contributed by atoms with E-state index in [0.717, 1.165) is 24.7 Å². The highest BCUT2D eigenvalue weighted by Crippen LogP contribution is 2.35. The summed E-state index contributed by atoms with van der Waals surface area (Å²) in [7, 11) is 0. The average molecular weight is 1380 g/mol. The molecule has 6 rings (SSSR count). The smallest absolute Gasteiger partial charge is 0.122 e. The van der Waals surface area contributed by atoms with Crippen LogP contribution in [0.3, 0.4) is 0 Å². The Labute approximate surface area is 441 Å². The molecular formula is C47H68Br8O7. The zero-order valence-electron chi connectivity index (χ0n) is 38.1. The fraction of sp³-hybridized carbons (Fsp3) is 0.489. The second kappa shape index (κ2) is 41.0. The van der Waals surface area contributed by atoms with Gasteiger partial charge >= 0.3 is 0 Å². The Kier molecular flexibility index (Phi) is 43.7. The van der Waals surface area contributed by atoms with Crippen molar-refractivity contribution in [3.63, 3.8) is 0 Å². The van der Waals surface area contributed by atoms with Crippen molar-refractivity contribution in [3.05, 3.63) is 119 Å². The molecule has 354 valence electrons. The Morgan fingerprint density at radius 2 is 0.613 bits per heavy atom. The van der Waals surface area contributed by atoms with E-state index in [1.54, 1.807) is 0 Å². The first-order valence-corrected chi connectivity index (χ1v) is 31.7. The van der Waals surface area contributed by atoms with Crippen molar-refractivity contribution in [1.82, 2.24) is 0 Å². The number of aliphatic hydroxyl groups excluding tert-OH is 1. The highest BCUT2D eigenvalue weighted by Gasteiger charge is 2.26. The molecule has 0 spiro atoms. The normalized spacial score (nSPS) is 14.1. The van der Waals surface area contributed by atoms with Crippen molar-refractivity contribution >= 4 is 127 Å². The molecule has 2 aliphatic heterocycles. The van der Waals surface area contributed by atoms with E-state index in [1.165, 1.54) is 22.3 Å². The van der Waals surface area contributed by atoms with E-state index in [0.29, 0.717) is 24.7 Å². The Morgan fingerprint density at radius 1 is 0.419 bits per heavy atom. The van der Waals surface area contributed by atoms with Crippen LogP contribution in [0.25, 0.3) is 0 Å². The lowest BCUT2D eigenvalue weighted by atomic mass is 9.78. The molecule has 4 aromatic rings. The Balaban J connectivity index is -0.00000196. The van der Waals surface area contributed by atoms with Crippen LogP contribution in [0.1, 0.15) is 49.9 Å². The van der Waals surface area contributed by atoms with E-state index in [9.17, 15) is 5.11 Å². The summed E-state index contributed by atoms with van der Waals surface area (Å²) >= 11 is 23.5. The molecule has 4 aromatic carbocycles. The van der Waals surface area contributed by atoms with Crippen LogP contribution in [0.15, 0.2) is 97.1 Å². The van der Waals surface area contributed by atoms with E-state index < -0.39 is 6.10 Å². The van der Waals surface area contributed by atoms with Crippen LogP contribution in [0.4, 0.5) is 0 Å². The standard InChI is InChI=1S/C39H44O7.8CH3Br/c1-38(2,29-9-17-34(18-10-29)43-23-36-25-45-36)27-5-13-32(14-6-27)41-21-31(40)22-42-33-15-7-28(8-16-33)39(3,4)30-11-19-35(20-12-30)44-24-37-26-46-37;8*1-2/h5-20,31,36-37,40H,21-26H2,1-4H3;8*1H3. The van der Waals surface area contributed by atoms with Crippen LogP contribution in [-0.4, -0.2) is 110 Å². The minimum absolute atomic E-state index is 0.134. The Morgan fingerprint density at radius 3 is 0.806 bits per heavy atom. The zero-order chi connectivity index (χ0) is 48.1. The maximum atomic E-state index is 10.5. The number of halogens is 8. The van der Waals surface area contributed by atoms with Crippen molar-refractivity contribution in [3.8, 4) is 23.0 Å². The van der Waals surface area contributed by atoms with Crippen molar-refractivity contribution in [1.29, 1.82) is 0 Å². The fourth-order valence-electron chi connectivity index (χ4n) is 5.34. The molecule has 0 saturated carbocycles. The molecule has 2 heterocycles. The predicted octanol–water partition coefficient (Wildman–Crippen LogP) is 14.8. The predicted molar refractivity (Wildman–Crippen MR) is 296 cm³/mol. The molecule has 2 fully saturated rings. The quantitative estimate of drug-likeness (QED) is 0.0884. The highest BCUT2D eigenvalue weighted by atomic mass is 79.9. The van der Waals surface area contributed by atoms with Crippen molar-refractivity contribution in [2.75, 3.05) is 86.3 Å². The highest BCUT2D eigenvalue weighted by molar-refractivity contribution is 9.09. The molecule has 2 aliphatic rings. The molecule has 7 nitrogen and oxygen atoms in total. The second-order valence-electron chi connectivity index (χ2n) is 13.2. The van der Waals surface area contributed by atoms with Gasteiger partial charge in [-0.3, -0.25) is 0 Å². The van der Waals surface area contributed by atoms with Crippen LogP contribution < -0.4 is 18.9 Å². The summed E-state index contributed by atoms with van der Waals surface area (Å²) in [6.07, 6.45) is -0.289. The summed E-state index contributed by atoms with van der Waals surface area (Å²) in [5.41, 5.74) is 4.33. The number of rotatable bonds is 16. The Hall–Kier alpha value is -0.200. The van der Waals surface area contributed by atoms with Crippen LogP contribution in [0.2, 0.25) is 0 Å². The molecule has 0 amide bonds. The average Bonchev–Trinajstić information content (AvgIpc) is 4.32. The van der Waals surface area contributed by atoms with Gasteiger partial charge in [0.05, 0.1) is 13.2 Å². The molecule has 2 saturated heterocycles. The number of hydrogen-bond donors (Lipinski definition) is 1. The van der Waals surface area contributed by atoms with E-state index in [4.69, 9.17) is 28.4 Å². The number of benzene rings is 4. The van der Waals surface area contributed by atoms with E-state index in [-0.39, 0.29) is 36.3 Å².